The smallest absolute Gasteiger partial charge is 0.191 e. The lowest BCUT2D eigenvalue weighted by Crippen LogP contribution is -2.45. The van der Waals surface area contributed by atoms with Crippen LogP contribution >= 0.6 is 0 Å². The fourth-order valence-corrected chi connectivity index (χ4v) is 3.05. The van der Waals surface area contributed by atoms with Gasteiger partial charge in [0.2, 0.25) is 0 Å². The molecule has 0 spiro atoms. The van der Waals surface area contributed by atoms with Crippen LogP contribution in [0, 0.1) is 0 Å². The van der Waals surface area contributed by atoms with Crippen LogP contribution in [-0.2, 0) is 4.74 Å². The van der Waals surface area contributed by atoms with Gasteiger partial charge in [-0.2, -0.15) is 0 Å². The zero-order valence-corrected chi connectivity index (χ0v) is 15.4. The van der Waals surface area contributed by atoms with Crippen LogP contribution < -0.4 is 15.4 Å². The second-order valence-corrected chi connectivity index (χ2v) is 6.85. The molecule has 24 heavy (non-hydrogen) atoms. The zero-order valence-electron chi connectivity index (χ0n) is 15.4. The molecule has 1 heterocycles. The van der Waals surface area contributed by atoms with Crippen molar-refractivity contribution in [2.24, 2.45) is 4.99 Å². The summed E-state index contributed by atoms with van der Waals surface area (Å²) in [6, 6.07) is 8.44. The number of unbranched alkanes of at least 4 members (excludes halogenated alkanes) is 2. The number of para-hydroxylation sites is 1. The maximum Gasteiger partial charge on any atom is 0.191 e. The first-order chi connectivity index (χ1) is 11.6. The fourth-order valence-electron chi connectivity index (χ4n) is 3.05. The number of hydrogen-bond donors (Lipinski definition) is 2. The van der Waals surface area contributed by atoms with E-state index in [1.165, 1.54) is 5.56 Å². The number of aliphatic imine (C=N–C) groups is 1. The van der Waals surface area contributed by atoms with Crippen LogP contribution in [0.25, 0.3) is 0 Å². The van der Waals surface area contributed by atoms with Crippen LogP contribution in [0.4, 0.5) is 0 Å². The van der Waals surface area contributed by atoms with Crippen LogP contribution in [0.5, 0.6) is 5.75 Å². The lowest BCUT2D eigenvalue weighted by atomic mass is 9.90. The molecule has 1 aromatic rings. The molecule has 1 unspecified atom stereocenters. The molecule has 2 N–H and O–H groups in total. The highest BCUT2D eigenvalue weighted by Crippen LogP contribution is 2.39. The van der Waals surface area contributed by atoms with Gasteiger partial charge in [0.15, 0.2) is 5.96 Å². The molecular weight excluding hydrogens is 302 g/mol. The first-order valence-electron chi connectivity index (χ1n) is 8.80. The Hall–Kier alpha value is -1.75. The summed E-state index contributed by atoms with van der Waals surface area (Å²) in [4.78, 5) is 4.37. The Bertz CT molecular complexity index is 543. The highest BCUT2D eigenvalue weighted by Gasteiger charge is 2.33. The second-order valence-electron chi connectivity index (χ2n) is 6.85. The molecule has 134 valence electrons. The Morgan fingerprint density at radius 1 is 1.29 bits per heavy atom. The molecule has 1 atom stereocenters. The molecule has 5 heteroatoms. The van der Waals surface area contributed by atoms with Crippen molar-refractivity contribution in [2.75, 3.05) is 27.3 Å². The number of guanidine groups is 1. The average Bonchev–Trinajstić information content (AvgIpc) is 2.55. The van der Waals surface area contributed by atoms with Crippen molar-refractivity contribution in [3.05, 3.63) is 29.8 Å². The van der Waals surface area contributed by atoms with E-state index >= 15 is 0 Å². The maximum absolute atomic E-state index is 6.09. The van der Waals surface area contributed by atoms with E-state index in [1.54, 1.807) is 7.11 Å². The average molecular weight is 333 g/mol. The van der Waals surface area contributed by atoms with Crippen LogP contribution in [0.3, 0.4) is 0 Å². The Labute approximate surface area is 145 Å². The summed E-state index contributed by atoms with van der Waals surface area (Å²) in [5.74, 6) is 1.81. The van der Waals surface area contributed by atoms with Gasteiger partial charge in [-0.15, -0.1) is 0 Å². The van der Waals surface area contributed by atoms with Gasteiger partial charge in [0.1, 0.15) is 11.4 Å². The molecule has 0 radical (unpaired) electrons. The zero-order chi connectivity index (χ0) is 17.4. The SMILES string of the molecule is CN=C(NCCCCCOC)NC1CC(C)(C)Oc2ccccc21. The summed E-state index contributed by atoms with van der Waals surface area (Å²) in [5, 5.41) is 6.96. The van der Waals surface area contributed by atoms with Gasteiger partial charge in [0.25, 0.3) is 0 Å². The van der Waals surface area contributed by atoms with Gasteiger partial charge in [-0.25, -0.2) is 0 Å². The minimum absolute atomic E-state index is 0.189. The molecule has 1 aliphatic heterocycles. The normalized spacial score (nSPS) is 19.3. The fraction of sp³-hybridized carbons (Fsp3) is 0.632. The molecule has 0 aromatic heterocycles. The standard InChI is InChI=1S/C19H31N3O2/c1-19(2)14-16(15-10-6-7-11-17(15)24-19)22-18(20-3)21-12-8-5-9-13-23-4/h6-7,10-11,16H,5,8-9,12-14H2,1-4H3,(H2,20,21,22). The Morgan fingerprint density at radius 3 is 2.83 bits per heavy atom. The van der Waals surface area contributed by atoms with Crippen LogP contribution in [0.1, 0.15) is 51.1 Å². The molecule has 0 amide bonds. The lowest BCUT2D eigenvalue weighted by Gasteiger charge is -2.38. The van der Waals surface area contributed by atoms with Gasteiger partial charge in [-0.3, -0.25) is 4.99 Å². The minimum atomic E-state index is -0.189. The van der Waals surface area contributed by atoms with E-state index < -0.39 is 0 Å². The van der Waals surface area contributed by atoms with Gasteiger partial charge in [0, 0.05) is 39.3 Å². The summed E-state index contributed by atoms with van der Waals surface area (Å²) in [6.07, 6.45) is 4.27. The van der Waals surface area contributed by atoms with Gasteiger partial charge in [-0.1, -0.05) is 18.2 Å². The van der Waals surface area contributed by atoms with E-state index in [4.69, 9.17) is 9.47 Å². The monoisotopic (exact) mass is 333 g/mol. The predicted octanol–water partition coefficient (Wildman–Crippen LogP) is 3.27. The van der Waals surface area contributed by atoms with Gasteiger partial charge < -0.3 is 20.1 Å². The summed E-state index contributed by atoms with van der Waals surface area (Å²) in [6.45, 7) is 6.01. The molecule has 5 nitrogen and oxygen atoms in total. The number of fused-ring (bicyclic) bond motifs is 1. The largest absolute Gasteiger partial charge is 0.487 e. The Morgan fingerprint density at radius 2 is 2.08 bits per heavy atom. The Balaban J connectivity index is 1.91. The first kappa shape index (κ1) is 18.6. The lowest BCUT2D eigenvalue weighted by molar-refractivity contribution is 0.0694. The van der Waals surface area contributed by atoms with Crippen molar-refractivity contribution >= 4 is 5.96 Å². The summed E-state index contributed by atoms with van der Waals surface area (Å²) in [5.41, 5.74) is 1.00. The van der Waals surface area contributed by atoms with E-state index in [9.17, 15) is 0 Å². The molecular formula is C19H31N3O2. The quantitative estimate of drug-likeness (QED) is 0.457. The molecule has 2 rings (SSSR count). The van der Waals surface area contributed by atoms with E-state index in [2.05, 4.69) is 41.6 Å². The Kier molecular flexibility index (Phi) is 6.91. The molecule has 0 saturated carbocycles. The summed E-state index contributed by atoms with van der Waals surface area (Å²) in [7, 11) is 3.56. The number of methoxy groups -OCH3 is 1. The van der Waals surface area contributed by atoms with E-state index in [0.717, 1.165) is 50.5 Å². The number of nitrogens with one attached hydrogen (secondary N) is 2. The number of nitrogens with zero attached hydrogens (tertiary/aromatic N) is 1. The molecule has 1 aromatic carbocycles. The minimum Gasteiger partial charge on any atom is -0.487 e. The number of hydrogen-bond acceptors (Lipinski definition) is 3. The molecule has 0 fully saturated rings. The number of benzene rings is 1. The van der Waals surface area contributed by atoms with Crippen molar-refractivity contribution in [1.82, 2.24) is 10.6 Å². The van der Waals surface area contributed by atoms with Crippen molar-refractivity contribution in [1.29, 1.82) is 0 Å². The number of ether oxygens (including phenoxy) is 2. The molecule has 0 aliphatic carbocycles. The van der Waals surface area contributed by atoms with Crippen molar-refractivity contribution in [3.8, 4) is 5.75 Å². The highest BCUT2D eigenvalue weighted by molar-refractivity contribution is 5.80. The number of rotatable bonds is 7. The van der Waals surface area contributed by atoms with E-state index in [0.29, 0.717) is 0 Å². The van der Waals surface area contributed by atoms with Crippen LogP contribution in [-0.4, -0.2) is 38.9 Å². The van der Waals surface area contributed by atoms with Crippen LogP contribution in [0.15, 0.2) is 29.3 Å². The molecule has 0 bridgehead atoms. The van der Waals surface area contributed by atoms with Crippen molar-refractivity contribution in [2.45, 2.75) is 51.2 Å². The highest BCUT2D eigenvalue weighted by atomic mass is 16.5. The third-order valence-corrected chi connectivity index (χ3v) is 4.23. The second kappa shape index (κ2) is 8.92. The molecule has 1 aliphatic rings. The van der Waals surface area contributed by atoms with Gasteiger partial charge in [-0.05, 0) is 39.2 Å². The topological polar surface area (TPSA) is 54.9 Å². The summed E-state index contributed by atoms with van der Waals surface area (Å²) < 4.78 is 11.2. The third kappa shape index (κ3) is 5.41. The van der Waals surface area contributed by atoms with Crippen molar-refractivity contribution < 1.29 is 9.47 Å². The maximum atomic E-state index is 6.09. The van der Waals surface area contributed by atoms with Crippen LogP contribution in [0.2, 0.25) is 0 Å². The van der Waals surface area contributed by atoms with Gasteiger partial charge in [0.05, 0.1) is 6.04 Å². The van der Waals surface area contributed by atoms with E-state index in [-0.39, 0.29) is 11.6 Å². The first-order valence-corrected chi connectivity index (χ1v) is 8.80. The van der Waals surface area contributed by atoms with Crippen molar-refractivity contribution in [3.63, 3.8) is 0 Å². The van der Waals surface area contributed by atoms with E-state index in [1.807, 2.05) is 19.2 Å². The predicted molar refractivity (Wildman–Crippen MR) is 98.7 cm³/mol. The summed E-state index contributed by atoms with van der Waals surface area (Å²) >= 11 is 0. The molecule has 0 saturated heterocycles. The van der Waals surface area contributed by atoms with Gasteiger partial charge >= 0.3 is 0 Å². The third-order valence-electron chi connectivity index (χ3n) is 4.23.